The van der Waals surface area contributed by atoms with E-state index in [-0.39, 0.29) is 0 Å². The third-order valence-electron chi connectivity index (χ3n) is 2.62. The van der Waals surface area contributed by atoms with E-state index in [2.05, 4.69) is 17.5 Å². The van der Waals surface area contributed by atoms with E-state index in [1.807, 2.05) is 13.8 Å². The summed E-state index contributed by atoms with van der Waals surface area (Å²) in [5, 5.41) is 4.20. The molecule has 0 atom stereocenters. The van der Waals surface area contributed by atoms with Crippen molar-refractivity contribution in [2.75, 3.05) is 6.54 Å². The van der Waals surface area contributed by atoms with Crippen molar-refractivity contribution in [3.8, 4) is 0 Å². The Morgan fingerprint density at radius 3 is 2.42 bits per heavy atom. The van der Waals surface area contributed by atoms with Crippen LogP contribution >= 0.6 is 0 Å². The second-order valence-electron chi connectivity index (χ2n) is 4.41. The molecule has 0 saturated heterocycles. The Hall–Kier alpha value is -0.530. The first-order valence-corrected chi connectivity index (χ1v) is 4.86. The summed E-state index contributed by atoms with van der Waals surface area (Å²) in [5.41, 5.74) is 4.78. The van der Waals surface area contributed by atoms with Crippen LogP contribution in [0.3, 0.4) is 0 Å². The van der Waals surface area contributed by atoms with Gasteiger partial charge in [-0.15, -0.1) is 0 Å². The molecule has 1 N–H and O–H groups in total. The predicted molar refractivity (Wildman–Crippen MR) is 53.4 cm³/mol. The van der Waals surface area contributed by atoms with Crippen LogP contribution in [0.15, 0.2) is 5.10 Å². The molecule has 1 aliphatic carbocycles. The standard InChI is InChI=1S/C10H20N2/c1-9(2)12-11-8-10(3)6-4-5-7-10/h11H,4-8H2,1-3H3. The van der Waals surface area contributed by atoms with E-state index in [9.17, 15) is 0 Å². The molecule has 2 nitrogen and oxygen atoms in total. The Bertz CT molecular complexity index is 163. The first-order chi connectivity index (χ1) is 5.62. The topological polar surface area (TPSA) is 24.4 Å². The fraction of sp³-hybridized carbons (Fsp3) is 0.900. The summed E-state index contributed by atoms with van der Waals surface area (Å²) in [6.45, 7) is 7.43. The van der Waals surface area contributed by atoms with Crippen molar-refractivity contribution >= 4 is 5.71 Å². The molecule has 70 valence electrons. The molecule has 2 heteroatoms. The summed E-state index contributed by atoms with van der Waals surface area (Å²) in [6.07, 6.45) is 5.51. The average molecular weight is 168 g/mol. The molecule has 12 heavy (non-hydrogen) atoms. The summed E-state index contributed by atoms with van der Waals surface area (Å²) in [4.78, 5) is 0. The van der Waals surface area contributed by atoms with E-state index in [4.69, 9.17) is 0 Å². The lowest BCUT2D eigenvalue weighted by Gasteiger charge is -2.22. The number of hydrogen-bond donors (Lipinski definition) is 1. The average Bonchev–Trinajstić information content (AvgIpc) is 2.35. The normalized spacial score (nSPS) is 20.6. The van der Waals surface area contributed by atoms with Crippen LogP contribution in [0, 0.1) is 5.41 Å². The van der Waals surface area contributed by atoms with E-state index < -0.39 is 0 Å². The number of nitrogens with one attached hydrogen (secondary N) is 1. The lowest BCUT2D eigenvalue weighted by atomic mass is 9.89. The van der Waals surface area contributed by atoms with E-state index in [1.165, 1.54) is 25.7 Å². The van der Waals surface area contributed by atoms with Gasteiger partial charge in [-0.3, -0.25) is 0 Å². The molecule has 1 saturated carbocycles. The molecular formula is C10H20N2. The number of nitrogens with zero attached hydrogens (tertiary/aromatic N) is 1. The minimum atomic E-state index is 0.513. The molecule has 1 fully saturated rings. The zero-order valence-corrected chi connectivity index (χ0v) is 8.48. The molecule has 0 amide bonds. The van der Waals surface area contributed by atoms with Crippen molar-refractivity contribution in [3.05, 3.63) is 0 Å². The van der Waals surface area contributed by atoms with Crippen LogP contribution in [-0.4, -0.2) is 12.3 Å². The van der Waals surface area contributed by atoms with Crippen molar-refractivity contribution in [3.63, 3.8) is 0 Å². The smallest absolute Gasteiger partial charge is 0.0383 e. The molecular weight excluding hydrogens is 148 g/mol. The highest BCUT2D eigenvalue weighted by molar-refractivity contribution is 5.78. The molecule has 0 unspecified atom stereocenters. The van der Waals surface area contributed by atoms with E-state index >= 15 is 0 Å². The summed E-state index contributed by atoms with van der Waals surface area (Å²) in [7, 11) is 0. The lowest BCUT2D eigenvalue weighted by Crippen LogP contribution is -2.26. The van der Waals surface area contributed by atoms with Gasteiger partial charge in [-0.2, -0.15) is 5.10 Å². The van der Waals surface area contributed by atoms with Crippen LogP contribution in [0.1, 0.15) is 46.5 Å². The van der Waals surface area contributed by atoms with Gasteiger partial charge >= 0.3 is 0 Å². The first kappa shape index (κ1) is 9.56. The Labute approximate surface area is 75.4 Å². The van der Waals surface area contributed by atoms with Gasteiger partial charge in [0.05, 0.1) is 0 Å². The zero-order valence-electron chi connectivity index (χ0n) is 8.48. The Balaban J connectivity index is 2.26. The number of hydrogen-bond acceptors (Lipinski definition) is 2. The fourth-order valence-electron chi connectivity index (χ4n) is 1.79. The van der Waals surface area contributed by atoms with Crippen LogP contribution in [0.5, 0.6) is 0 Å². The van der Waals surface area contributed by atoms with Gasteiger partial charge in [-0.05, 0) is 32.1 Å². The molecule has 1 aliphatic rings. The van der Waals surface area contributed by atoms with Crippen molar-refractivity contribution < 1.29 is 0 Å². The number of rotatable bonds is 3. The van der Waals surface area contributed by atoms with Crippen LogP contribution in [0.25, 0.3) is 0 Å². The Kier molecular flexibility index (Phi) is 3.12. The van der Waals surface area contributed by atoms with Crippen molar-refractivity contribution in [2.24, 2.45) is 10.5 Å². The predicted octanol–water partition coefficient (Wildman–Crippen LogP) is 2.55. The third-order valence-corrected chi connectivity index (χ3v) is 2.62. The summed E-state index contributed by atoms with van der Waals surface area (Å²) < 4.78 is 0. The van der Waals surface area contributed by atoms with Gasteiger partial charge in [-0.1, -0.05) is 19.8 Å². The summed E-state index contributed by atoms with van der Waals surface area (Å²) >= 11 is 0. The van der Waals surface area contributed by atoms with Gasteiger partial charge in [0.2, 0.25) is 0 Å². The summed E-state index contributed by atoms with van der Waals surface area (Å²) in [5.74, 6) is 0. The molecule has 0 aliphatic heterocycles. The van der Waals surface area contributed by atoms with Crippen LogP contribution < -0.4 is 5.43 Å². The maximum atomic E-state index is 4.20. The Morgan fingerprint density at radius 1 is 1.33 bits per heavy atom. The van der Waals surface area contributed by atoms with Gasteiger partial charge in [0.15, 0.2) is 0 Å². The maximum Gasteiger partial charge on any atom is 0.0383 e. The fourth-order valence-corrected chi connectivity index (χ4v) is 1.79. The van der Waals surface area contributed by atoms with E-state index in [0.29, 0.717) is 5.41 Å². The molecule has 0 aromatic rings. The second-order valence-corrected chi connectivity index (χ2v) is 4.41. The maximum absolute atomic E-state index is 4.20. The van der Waals surface area contributed by atoms with Gasteiger partial charge in [0.1, 0.15) is 0 Å². The monoisotopic (exact) mass is 168 g/mol. The summed E-state index contributed by atoms with van der Waals surface area (Å²) in [6, 6.07) is 0. The highest BCUT2D eigenvalue weighted by atomic mass is 15.3. The molecule has 0 aromatic heterocycles. The van der Waals surface area contributed by atoms with Crippen molar-refractivity contribution in [1.82, 2.24) is 5.43 Å². The number of hydrazone groups is 1. The molecule has 0 bridgehead atoms. The van der Waals surface area contributed by atoms with Crippen LogP contribution in [0.4, 0.5) is 0 Å². The van der Waals surface area contributed by atoms with E-state index in [1.54, 1.807) is 0 Å². The minimum absolute atomic E-state index is 0.513. The Morgan fingerprint density at radius 2 is 1.92 bits per heavy atom. The van der Waals surface area contributed by atoms with Gasteiger partial charge in [-0.25, -0.2) is 0 Å². The molecule has 0 radical (unpaired) electrons. The van der Waals surface area contributed by atoms with Crippen LogP contribution in [0.2, 0.25) is 0 Å². The first-order valence-electron chi connectivity index (χ1n) is 4.86. The molecule has 1 rings (SSSR count). The quantitative estimate of drug-likeness (QED) is 0.508. The third kappa shape index (κ3) is 2.84. The van der Waals surface area contributed by atoms with Crippen molar-refractivity contribution in [1.29, 1.82) is 0 Å². The molecule has 0 spiro atoms. The lowest BCUT2D eigenvalue weighted by molar-refractivity contribution is 0.318. The van der Waals surface area contributed by atoms with E-state index in [0.717, 1.165) is 12.3 Å². The largest absolute Gasteiger partial charge is 0.310 e. The minimum Gasteiger partial charge on any atom is -0.310 e. The SMILES string of the molecule is CC(C)=NNCC1(C)CCCC1. The van der Waals surface area contributed by atoms with Crippen molar-refractivity contribution in [2.45, 2.75) is 46.5 Å². The van der Waals surface area contributed by atoms with Gasteiger partial charge in [0.25, 0.3) is 0 Å². The highest BCUT2D eigenvalue weighted by Gasteiger charge is 2.27. The molecule has 0 heterocycles. The highest BCUT2D eigenvalue weighted by Crippen LogP contribution is 2.36. The zero-order chi connectivity index (χ0) is 9.03. The van der Waals surface area contributed by atoms with Gasteiger partial charge < -0.3 is 5.43 Å². The van der Waals surface area contributed by atoms with Crippen LogP contribution in [-0.2, 0) is 0 Å². The van der Waals surface area contributed by atoms with Gasteiger partial charge in [0, 0.05) is 12.3 Å². The molecule has 0 aromatic carbocycles. The second kappa shape index (κ2) is 3.92.